The molecule has 25 heavy (non-hydrogen) atoms. The minimum absolute atomic E-state index is 0.0557. The molecule has 2 aromatic carbocycles. The number of carbonyl (C=O) groups excluding carboxylic acids is 2. The summed E-state index contributed by atoms with van der Waals surface area (Å²) in [6.45, 7) is 1.94. The summed E-state index contributed by atoms with van der Waals surface area (Å²) in [5, 5.41) is 0. The van der Waals surface area contributed by atoms with E-state index in [1.165, 1.54) is 18.6 Å². The van der Waals surface area contributed by atoms with Crippen LogP contribution in [-0.2, 0) is 4.74 Å². The second kappa shape index (κ2) is 7.49. The van der Waals surface area contributed by atoms with Gasteiger partial charge in [0.2, 0.25) is 5.78 Å². The van der Waals surface area contributed by atoms with E-state index in [-0.39, 0.29) is 11.5 Å². The van der Waals surface area contributed by atoms with Crippen molar-refractivity contribution in [2.24, 2.45) is 0 Å². The number of hydrogen-bond donors (Lipinski definition) is 0. The van der Waals surface area contributed by atoms with E-state index in [9.17, 15) is 9.59 Å². The number of nitrogens with zero attached hydrogens (tertiary/aromatic N) is 2. The molecule has 0 aliphatic carbocycles. The lowest BCUT2D eigenvalue weighted by Gasteiger charge is -2.17. The summed E-state index contributed by atoms with van der Waals surface area (Å²) in [6.07, 6.45) is 3.12. The van der Waals surface area contributed by atoms with Crippen LogP contribution in [0.3, 0.4) is 0 Å². The van der Waals surface area contributed by atoms with Crippen molar-refractivity contribution in [2.45, 2.75) is 13.0 Å². The Balaban J connectivity index is 1.91. The summed E-state index contributed by atoms with van der Waals surface area (Å²) < 4.78 is 5.48. The Morgan fingerprint density at radius 1 is 0.960 bits per heavy atom. The number of carbonyl (C=O) groups is 2. The van der Waals surface area contributed by atoms with Crippen molar-refractivity contribution in [3.05, 3.63) is 95.6 Å². The number of Topliss-reactive ketones (excluding diaryl/α,β-unsaturated/α-hetero) is 1. The van der Waals surface area contributed by atoms with Gasteiger partial charge in [-0.25, -0.2) is 9.78 Å². The molecular weight excluding hydrogens is 316 g/mol. The Kier molecular flexibility index (Phi) is 4.95. The zero-order valence-corrected chi connectivity index (χ0v) is 13.6. The molecule has 0 fully saturated rings. The smallest absolute Gasteiger partial charge is 0.359 e. The van der Waals surface area contributed by atoms with Gasteiger partial charge in [-0.05, 0) is 6.92 Å². The number of aromatic nitrogens is 2. The molecule has 0 amide bonds. The molecule has 5 heteroatoms. The molecule has 1 atom stereocenters. The van der Waals surface area contributed by atoms with Gasteiger partial charge in [0.1, 0.15) is 0 Å². The molecule has 0 aliphatic rings. The molecule has 1 heterocycles. The van der Waals surface area contributed by atoms with Crippen LogP contribution in [0.25, 0.3) is 0 Å². The van der Waals surface area contributed by atoms with Gasteiger partial charge in [-0.2, -0.15) is 0 Å². The fraction of sp³-hybridized carbons (Fsp3) is 0.100. The Bertz CT molecular complexity index is 862. The molecule has 0 aliphatic heterocycles. The summed E-state index contributed by atoms with van der Waals surface area (Å²) in [5.74, 6) is -0.981. The van der Waals surface area contributed by atoms with E-state index in [0.29, 0.717) is 11.1 Å². The molecule has 3 aromatic rings. The topological polar surface area (TPSA) is 69.2 Å². The van der Waals surface area contributed by atoms with E-state index in [4.69, 9.17) is 4.74 Å². The quantitative estimate of drug-likeness (QED) is 0.528. The Hall–Kier alpha value is -3.34. The summed E-state index contributed by atoms with van der Waals surface area (Å²) in [5.41, 5.74) is 2.18. The summed E-state index contributed by atoms with van der Waals surface area (Å²) >= 11 is 0. The van der Waals surface area contributed by atoms with Crippen molar-refractivity contribution in [1.82, 2.24) is 9.97 Å². The average molecular weight is 332 g/mol. The Morgan fingerprint density at radius 2 is 1.68 bits per heavy atom. The van der Waals surface area contributed by atoms with Gasteiger partial charge >= 0.3 is 5.97 Å². The fourth-order valence-electron chi connectivity index (χ4n) is 2.34. The first-order valence-electron chi connectivity index (χ1n) is 7.78. The second-order valence-corrected chi connectivity index (χ2v) is 5.52. The lowest BCUT2D eigenvalue weighted by molar-refractivity contribution is 0.0274. The van der Waals surface area contributed by atoms with Gasteiger partial charge in [-0.15, -0.1) is 0 Å². The van der Waals surface area contributed by atoms with Crippen LogP contribution in [0.2, 0.25) is 0 Å². The van der Waals surface area contributed by atoms with Gasteiger partial charge in [0.05, 0.1) is 6.20 Å². The van der Waals surface area contributed by atoms with Crippen molar-refractivity contribution in [2.75, 3.05) is 0 Å². The van der Waals surface area contributed by atoms with E-state index in [0.717, 1.165) is 5.56 Å². The molecule has 3 rings (SSSR count). The SMILES string of the molecule is Cc1ccc(C(=O)[C@@H](OC(=O)c2cnccn2)c2ccccc2)cc1. The zero-order chi connectivity index (χ0) is 17.6. The van der Waals surface area contributed by atoms with Gasteiger partial charge in [0.25, 0.3) is 0 Å². The van der Waals surface area contributed by atoms with E-state index in [2.05, 4.69) is 9.97 Å². The van der Waals surface area contributed by atoms with Crippen LogP contribution in [0, 0.1) is 6.92 Å². The normalized spacial score (nSPS) is 11.6. The van der Waals surface area contributed by atoms with E-state index in [1.807, 2.05) is 25.1 Å². The van der Waals surface area contributed by atoms with Crippen LogP contribution < -0.4 is 0 Å². The molecule has 0 saturated heterocycles. The van der Waals surface area contributed by atoms with Crippen LogP contribution in [0.5, 0.6) is 0 Å². The standard InChI is InChI=1S/C20H16N2O3/c1-14-7-9-15(10-8-14)18(23)19(16-5-3-2-4-6-16)25-20(24)17-13-21-11-12-22-17/h2-13,19H,1H3/t19-/m0/s1. The maximum absolute atomic E-state index is 12.9. The zero-order valence-electron chi connectivity index (χ0n) is 13.6. The molecule has 0 N–H and O–H groups in total. The van der Waals surface area contributed by atoms with E-state index < -0.39 is 12.1 Å². The number of hydrogen-bond acceptors (Lipinski definition) is 5. The third-order valence-electron chi connectivity index (χ3n) is 3.67. The average Bonchev–Trinajstić information content (AvgIpc) is 2.67. The first-order valence-corrected chi connectivity index (χ1v) is 7.78. The maximum Gasteiger partial charge on any atom is 0.359 e. The van der Waals surface area contributed by atoms with Gasteiger partial charge in [0, 0.05) is 23.5 Å². The highest BCUT2D eigenvalue weighted by atomic mass is 16.5. The number of esters is 1. The maximum atomic E-state index is 12.9. The van der Waals surface area contributed by atoms with E-state index >= 15 is 0 Å². The van der Waals surface area contributed by atoms with Crippen LogP contribution >= 0.6 is 0 Å². The molecule has 0 unspecified atom stereocenters. The lowest BCUT2D eigenvalue weighted by Crippen LogP contribution is -2.21. The van der Waals surface area contributed by atoms with Crippen LogP contribution in [0.4, 0.5) is 0 Å². The van der Waals surface area contributed by atoms with Crippen molar-refractivity contribution < 1.29 is 14.3 Å². The largest absolute Gasteiger partial charge is 0.444 e. The van der Waals surface area contributed by atoms with Crippen LogP contribution in [-0.4, -0.2) is 21.7 Å². The fourth-order valence-corrected chi connectivity index (χ4v) is 2.34. The number of aryl methyl sites for hydroxylation is 1. The first kappa shape index (κ1) is 16.5. The number of benzene rings is 2. The highest BCUT2D eigenvalue weighted by Gasteiger charge is 2.27. The summed E-state index contributed by atoms with van der Waals surface area (Å²) in [7, 11) is 0. The van der Waals surface area contributed by atoms with Crippen molar-refractivity contribution >= 4 is 11.8 Å². The molecule has 5 nitrogen and oxygen atoms in total. The minimum Gasteiger partial charge on any atom is -0.444 e. The predicted octanol–water partition coefficient (Wildman–Crippen LogP) is 3.57. The molecule has 124 valence electrons. The van der Waals surface area contributed by atoms with Gasteiger partial charge in [-0.3, -0.25) is 9.78 Å². The summed E-state index contributed by atoms with van der Waals surface area (Å²) in [6, 6.07) is 16.1. The van der Waals surface area contributed by atoms with E-state index in [1.54, 1.807) is 36.4 Å². The van der Waals surface area contributed by atoms with Gasteiger partial charge in [0.15, 0.2) is 11.8 Å². The number of rotatable bonds is 5. The molecule has 1 aromatic heterocycles. The first-order chi connectivity index (χ1) is 12.1. The minimum atomic E-state index is -1.04. The molecule has 0 bridgehead atoms. The monoisotopic (exact) mass is 332 g/mol. The second-order valence-electron chi connectivity index (χ2n) is 5.52. The predicted molar refractivity (Wildman–Crippen MR) is 92.1 cm³/mol. The van der Waals surface area contributed by atoms with Crippen LogP contribution in [0.1, 0.15) is 38.1 Å². The van der Waals surface area contributed by atoms with Crippen molar-refractivity contribution in [3.8, 4) is 0 Å². The molecule has 0 radical (unpaired) electrons. The van der Waals surface area contributed by atoms with Crippen molar-refractivity contribution in [3.63, 3.8) is 0 Å². The third kappa shape index (κ3) is 3.95. The highest BCUT2D eigenvalue weighted by molar-refractivity contribution is 6.01. The van der Waals surface area contributed by atoms with Gasteiger partial charge in [-0.1, -0.05) is 60.2 Å². The molecular formula is C20H16N2O3. The molecule has 0 saturated carbocycles. The van der Waals surface area contributed by atoms with Crippen molar-refractivity contribution in [1.29, 1.82) is 0 Å². The number of ketones is 1. The molecule has 0 spiro atoms. The Labute approximate surface area is 145 Å². The third-order valence-corrected chi connectivity index (χ3v) is 3.67. The van der Waals surface area contributed by atoms with Gasteiger partial charge < -0.3 is 4.74 Å². The lowest BCUT2D eigenvalue weighted by atomic mass is 9.99. The summed E-state index contributed by atoms with van der Waals surface area (Å²) in [4.78, 5) is 33.0. The number of ether oxygens (including phenoxy) is 1. The Morgan fingerprint density at radius 3 is 2.32 bits per heavy atom. The highest BCUT2D eigenvalue weighted by Crippen LogP contribution is 2.24. The van der Waals surface area contributed by atoms with Crippen LogP contribution in [0.15, 0.2) is 73.2 Å².